The van der Waals surface area contributed by atoms with Gasteiger partial charge < -0.3 is 4.74 Å². The average Bonchev–Trinajstić information content (AvgIpc) is 2.92. The second-order valence-electron chi connectivity index (χ2n) is 4.44. The molecule has 6 nitrogen and oxygen atoms in total. The number of methoxy groups -OCH3 is 1. The van der Waals surface area contributed by atoms with Crippen molar-refractivity contribution in [2.24, 2.45) is 5.10 Å². The fourth-order valence-electron chi connectivity index (χ4n) is 1.70. The van der Waals surface area contributed by atoms with Crippen molar-refractivity contribution in [3.05, 3.63) is 51.5 Å². The smallest absolute Gasteiger partial charge is 0.337 e. The second kappa shape index (κ2) is 7.46. The molecular weight excluding hydrogens is 302 g/mol. The number of hydrazone groups is 1. The minimum Gasteiger partial charge on any atom is -0.465 e. The first-order valence-corrected chi connectivity index (χ1v) is 7.37. The number of nitrogens with zero attached hydrogens (tertiary/aromatic N) is 2. The monoisotopic (exact) mass is 317 g/mol. The molecular formula is C15H15N3O3S. The average molecular weight is 317 g/mol. The minimum atomic E-state index is -0.393. The Balaban J connectivity index is 1.86. The molecule has 1 N–H and O–H groups in total. The third kappa shape index (κ3) is 4.49. The van der Waals surface area contributed by atoms with Crippen molar-refractivity contribution in [1.82, 2.24) is 10.4 Å². The fraction of sp³-hybridized carbons (Fsp3) is 0.200. The zero-order valence-electron chi connectivity index (χ0n) is 12.2. The Morgan fingerprint density at radius 1 is 1.36 bits per heavy atom. The number of hydrogen-bond donors (Lipinski definition) is 1. The Bertz CT molecular complexity index is 692. The highest BCUT2D eigenvalue weighted by Crippen LogP contribution is 2.08. The lowest BCUT2D eigenvalue weighted by Crippen LogP contribution is -2.19. The summed E-state index contributed by atoms with van der Waals surface area (Å²) in [6, 6.07) is 6.69. The molecule has 1 heterocycles. The molecule has 2 rings (SSSR count). The van der Waals surface area contributed by atoms with Crippen molar-refractivity contribution in [3.63, 3.8) is 0 Å². The van der Waals surface area contributed by atoms with Gasteiger partial charge in [-0.25, -0.2) is 15.2 Å². The van der Waals surface area contributed by atoms with Crippen molar-refractivity contribution in [2.75, 3.05) is 7.11 Å². The van der Waals surface area contributed by atoms with E-state index in [0.717, 1.165) is 16.3 Å². The quantitative estimate of drug-likeness (QED) is 0.519. The first-order chi connectivity index (χ1) is 10.6. The largest absolute Gasteiger partial charge is 0.465 e. The molecule has 0 unspecified atom stereocenters. The van der Waals surface area contributed by atoms with Crippen LogP contribution in [-0.2, 0) is 16.0 Å². The standard InChI is InChI=1S/C15H15N3O3S/c1-10-17-13(9-22-10)7-14(19)18-16-8-11-3-5-12(6-4-11)15(20)21-2/h3-6,8-9H,7H2,1-2H3,(H,18,19)/b16-8-. The van der Waals surface area contributed by atoms with Crippen LogP contribution >= 0.6 is 11.3 Å². The summed E-state index contributed by atoms with van der Waals surface area (Å²) in [7, 11) is 1.33. The van der Waals surface area contributed by atoms with Crippen LogP contribution in [0.2, 0.25) is 0 Å². The third-order valence-corrected chi connectivity index (χ3v) is 3.57. The molecule has 0 atom stereocenters. The maximum Gasteiger partial charge on any atom is 0.337 e. The van der Waals surface area contributed by atoms with E-state index in [1.165, 1.54) is 24.7 Å². The topological polar surface area (TPSA) is 80.6 Å². The van der Waals surface area contributed by atoms with E-state index in [2.05, 4.69) is 20.2 Å². The van der Waals surface area contributed by atoms with Gasteiger partial charge in [0.1, 0.15) is 0 Å². The lowest BCUT2D eigenvalue weighted by Gasteiger charge is -1.99. The third-order valence-electron chi connectivity index (χ3n) is 2.74. The Morgan fingerprint density at radius 2 is 2.09 bits per heavy atom. The van der Waals surface area contributed by atoms with Crippen LogP contribution in [0.1, 0.15) is 26.6 Å². The van der Waals surface area contributed by atoms with Gasteiger partial charge in [0, 0.05) is 5.38 Å². The van der Waals surface area contributed by atoms with Crippen molar-refractivity contribution < 1.29 is 14.3 Å². The molecule has 0 saturated heterocycles. The predicted octanol–water partition coefficient (Wildman–Crippen LogP) is 1.93. The number of nitrogens with one attached hydrogen (secondary N) is 1. The molecule has 7 heteroatoms. The number of amides is 1. The highest BCUT2D eigenvalue weighted by molar-refractivity contribution is 7.09. The van der Waals surface area contributed by atoms with E-state index >= 15 is 0 Å². The summed E-state index contributed by atoms with van der Waals surface area (Å²) >= 11 is 1.51. The van der Waals surface area contributed by atoms with Crippen molar-refractivity contribution >= 4 is 29.4 Å². The van der Waals surface area contributed by atoms with E-state index in [4.69, 9.17) is 0 Å². The first kappa shape index (κ1) is 15.8. The van der Waals surface area contributed by atoms with Gasteiger partial charge in [-0.15, -0.1) is 11.3 Å². The van der Waals surface area contributed by atoms with E-state index in [1.807, 2.05) is 12.3 Å². The van der Waals surface area contributed by atoms with E-state index < -0.39 is 5.97 Å². The van der Waals surface area contributed by atoms with Gasteiger partial charge in [-0.2, -0.15) is 5.10 Å². The molecule has 0 bridgehead atoms. The molecule has 1 amide bonds. The second-order valence-corrected chi connectivity index (χ2v) is 5.50. The molecule has 0 aliphatic rings. The maximum absolute atomic E-state index is 11.7. The van der Waals surface area contributed by atoms with E-state index in [0.29, 0.717) is 5.56 Å². The molecule has 0 saturated carbocycles. The SMILES string of the molecule is COC(=O)c1ccc(/C=N\NC(=O)Cc2csc(C)n2)cc1. The van der Waals surface area contributed by atoms with Gasteiger partial charge in [0.2, 0.25) is 5.91 Å². The number of thiazole rings is 1. The van der Waals surface area contributed by atoms with Crippen LogP contribution in [0.15, 0.2) is 34.7 Å². The van der Waals surface area contributed by atoms with E-state index in [1.54, 1.807) is 24.3 Å². The maximum atomic E-state index is 11.7. The Morgan fingerprint density at radius 3 is 2.68 bits per heavy atom. The number of hydrogen-bond acceptors (Lipinski definition) is 6. The lowest BCUT2D eigenvalue weighted by atomic mass is 10.1. The van der Waals surface area contributed by atoms with E-state index in [9.17, 15) is 9.59 Å². The minimum absolute atomic E-state index is 0.197. The summed E-state index contributed by atoms with van der Waals surface area (Å²) in [6.45, 7) is 1.89. The predicted molar refractivity (Wildman–Crippen MR) is 84.1 cm³/mol. The van der Waals surface area contributed by atoms with Gasteiger partial charge in [0.25, 0.3) is 0 Å². The lowest BCUT2D eigenvalue weighted by molar-refractivity contribution is -0.120. The fourth-order valence-corrected chi connectivity index (χ4v) is 2.31. The summed E-state index contributed by atoms with van der Waals surface area (Å²) in [6.07, 6.45) is 1.70. The molecule has 0 aliphatic heterocycles. The number of rotatable bonds is 5. The molecule has 0 spiro atoms. The highest BCUT2D eigenvalue weighted by Gasteiger charge is 2.05. The number of ether oxygens (including phenoxy) is 1. The molecule has 1 aromatic carbocycles. The van der Waals surface area contributed by atoms with Crippen LogP contribution in [0.4, 0.5) is 0 Å². The molecule has 0 aliphatic carbocycles. The zero-order valence-corrected chi connectivity index (χ0v) is 13.0. The number of benzene rings is 1. The number of carbonyl (C=O) groups excluding carboxylic acids is 2. The van der Waals surface area contributed by atoms with Crippen LogP contribution in [0.5, 0.6) is 0 Å². The molecule has 22 heavy (non-hydrogen) atoms. The number of esters is 1. The number of carbonyl (C=O) groups is 2. The molecule has 2 aromatic rings. The van der Waals surface area contributed by atoms with Gasteiger partial charge in [-0.05, 0) is 24.6 Å². The first-order valence-electron chi connectivity index (χ1n) is 6.50. The Hall–Kier alpha value is -2.54. The van der Waals surface area contributed by atoms with E-state index in [-0.39, 0.29) is 12.3 Å². The number of aryl methyl sites for hydroxylation is 1. The Kier molecular flexibility index (Phi) is 5.37. The summed E-state index contributed by atoms with van der Waals surface area (Å²) < 4.78 is 4.61. The van der Waals surface area contributed by atoms with Gasteiger partial charge in [0.05, 0.1) is 36.0 Å². The zero-order chi connectivity index (χ0) is 15.9. The van der Waals surface area contributed by atoms with Crippen LogP contribution in [0, 0.1) is 6.92 Å². The van der Waals surface area contributed by atoms with Gasteiger partial charge >= 0.3 is 5.97 Å². The Labute approximate surface area is 131 Å². The summed E-state index contributed by atoms with van der Waals surface area (Å²) in [4.78, 5) is 27.2. The summed E-state index contributed by atoms with van der Waals surface area (Å²) in [5, 5.41) is 6.65. The number of aromatic nitrogens is 1. The van der Waals surface area contributed by atoms with Crippen molar-refractivity contribution in [3.8, 4) is 0 Å². The van der Waals surface area contributed by atoms with Crippen LogP contribution in [-0.4, -0.2) is 30.2 Å². The van der Waals surface area contributed by atoms with Crippen LogP contribution in [0.3, 0.4) is 0 Å². The van der Waals surface area contributed by atoms with Crippen molar-refractivity contribution in [2.45, 2.75) is 13.3 Å². The molecule has 1 aromatic heterocycles. The summed E-state index contributed by atoms with van der Waals surface area (Å²) in [5.41, 5.74) is 4.40. The highest BCUT2D eigenvalue weighted by atomic mass is 32.1. The van der Waals surface area contributed by atoms with Gasteiger partial charge in [0.15, 0.2) is 0 Å². The van der Waals surface area contributed by atoms with Gasteiger partial charge in [-0.1, -0.05) is 12.1 Å². The molecule has 0 fully saturated rings. The van der Waals surface area contributed by atoms with Gasteiger partial charge in [-0.3, -0.25) is 4.79 Å². The van der Waals surface area contributed by atoms with Crippen LogP contribution in [0.25, 0.3) is 0 Å². The summed E-state index contributed by atoms with van der Waals surface area (Å²) in [5.74, 6) is -0.622. The molecule has 0 radical (unpaired) electrons. The normalized spacial score (nSPS) is 10.6. The van der Waals surface area contributed by atoms with Crippen molar-refractivity contribution in [1.29, 1.82) is 0 Å². The molecule has 114 valence electrons. The van der Waals surface area contributed by atoms with Crippen LogP contribution < -0.4 is 5.43 Å².